The first-order chi connectivity index (χ1) is 28.7. The van der Waals surface area contributed by atoms with Crippen LogP contribution in [-0.4, -0.2) is 6.10 Å². The Bertz CT molecular complexity index is 3500. The highest BCUT2D eigenvalue weighted by Crippen LogP contribution is 2.44. The van der Waals surface area contributed by atoms with E-state index >= 15 is 0 Å². The van der Waals surface area contributed by atoms with Gasteiger partial charge in [0.05, 0.1) is 0 Å². The minimum Gasteiger partial charge on any atom is -0.485 e. The number of rotatable bonds is 4. The van der Waals surface area contributed by atoms with Gasteiger partial charge in [0.1, 0.15) is 45.2 Å². The molecular formula is C54H36O4. The molecule has 0 spiro atoms. The lowest BCUT2D eigenvalue weighted by Crippen LogP contribution is -2.32. The largest absolute Gasteiger partial charge is 0.485 e. The van der Waals surface area contributed by atoms with E-state index in [1.165, 1.54) is 27.8 Å². The number of hydrogen-bond acceptors (Lipinski definition) is 4. The van der Waals surface area contributed by atoms with Crippen molar-refractivity contribution in [1.29, 1.82) is 0 Å². The van der Waals surface area contributed by atoms with Crippen LogP contribution in [0, 0.1) is 0 Å². The molecule has 3 aliphatic carbocycles. The fraction of sp³-hybridized carbons (Fsp3) is 0.111. The van der Waals surface area contributed by atoms with Crippen LogP contribution in [0.2, 0.25) is 0 Å². The van der Waals surface area contributed by atoms with Gasteiger partial charge in [-0.05, 0) is 137 Å². The van der Waals surface area contributed by atoms with Crippen LogP contribution in [0.5, 0.6) is 5.75 Å². The second-order valence-corrected chi connectivity index (χ2v) is 16.2. The van der Waals surface area contributed by atoms with Gasteiger partial charge in [0.25, 0.3) is 0 Å². The van der Waals surface area contributed by atoms with E-state index in [0.717, 1.165) is 119 Å². The van der Waals surface area contributed by atoms with Gasteiger partial charge in [0.15, 0.2) is 0 Å². The van der Waals surface area contributed by atoms with E-state index in [0.29, 0.717) is 0 Å². The lowest BCUT2D eigenvalue weighted by molar-refractivity contribution is 0.286. The first-order valence-electron chi connectivity index (χ1n) is 20.4. The zero-order chi connectivity index (χ0) is 37.9. The molecule has 2 unspecified atom stereocenters. The molecule has 2 atom stereocenters. The molecule has 4 heterocycles. The third kappa shape index (κ3) is 4.94. The predicted octanol–water partition coefficient (Wildman–Crippen LogP) is 13.2. The van der Waals surface area contributed by atoms with Gasteiger partial charge in [-0.1, -0.05) is 85.0 Å². The first-order valence-corrected chi connectivity index (χ1v) is 20.4. The predicted molar refractivity (Wildman–Crippen MR) is 236 cm³/mol. The molecule has 0 amide bonds. The van der Waals surface area contributed by atoms with E-state index in [-0.39, 0.29) is 12.0 Å². The summed E-state index contributed by atoms with van der Waals surface area (Å²) >= 11 is 0. The maximum atomic E-state index is 6.67. The maximum Gasteiger partial charge on any atom is 0.136 e. The van der Waals surface area contributed by atoms with Crippen molar-refractivity contribution in [2.45, 2.75) is 37.7 Å². The van der Waals surface area contributed by atoms with E-state index < -0.39 is 0 Å². The number of fused-ring (bicyclic) bond motifs is 12. The Morgan fingerprint density at radius 3 is 1.53 bits per heavy atom. The summed E-state index contributed by atoms with van der Waals surface area (Å²) in [7, 11) is 0. The van der Waals surface area contributed by atoms with E-state index in [4.69, 9.17) is 18.0 Å². The molecular weight excluding hydrogens is 713 g/mol. The van der Waals surface area contributed by atoms with Crippen molar-refractivity contribution in [1.82, 2.24) is 0 Å². The smallest absolute Gasteiger partial charge is 0.136 e. The van der Waals surface area contributed by atoms with Crippen molar-refractivity contribution in [2.75, 3.05) is 0 Å². The number of benzene rings is 6. The van der Waals surface area contributed by atoms with E-state index in [2.05, 4.69) is 158 Å². The molecule has 58 heavy (non-hydrogen) atoms. The molecule has 0 bridgehead atoms. The third-order valence-corrected chi connectivity index (χ3v) is 12.8. The van der Waals surface area contributed by atoms with Crippen LogP contribution in [-0.2, 0) is 0 Å². The first kappa shape index (κ1) is 32.1. The van der Waals surface area contributed by atoms with E-state index in [9.17, 15) is 0 Å². The average Bonchev–Trinajstić information content (AvgIpc) is 4.04. The lowest BCUT2D eigenvalue weighted by Gasteiger charge is -2.13. The van der Waals surface area contributed by atoms with E-state index in [1.807, 2.05) is 0 Å². The maximum absolute atomic E-state index is 6.67. The summed E-state index contributed by atoms with van der Waals surface area (Å²) in [5.74, 6) is 1.04. The summed E-state index contributed by atoms with van der Waals surface area (Å²) in [6.45, 7) is 0. The molecule has 0 saturated carbocycles. The second kappa shape index (κ2) is 12.2. The molecule has 9 aromatic rings. The SMILES string of the molecule is C1=CCCC(c2ccc3oc4ccc(-c5ccc6c(c5)OC5C=c7oc8cc(-c9ccc%10oc%11ccc(C%12=CC=CCC%12)cc%11c%10c9)ccc8c7=CC65)cc4c3c2)=C1. The molecule has 4 heteroatoms. The molecule has 0 fully saturated rings. The monoisotopic (exact) mass is 748 g/mol. The van der Waals surface area contributed by atoms with Gasteiger partial charge in [-0.3, -0.25) is 0 Å². The zero-order valence-corrected chi connectivity index (χ0v) is 31.6. The van der Waals surface area contributed by atoms with Crippen molar-refractivity contribution < 1.29 is 18.0 Å². The van der Waals surface area contributed by atoms with E-state index in [1.54, 1.807) is 0 Å². The highest BCUT2D eigenvalue weighted by atomic mass is 16.5. The number of allylic oxidation sites excluding steroid dienone is 8. The Hall–Kier alpha value is -7.04. The quantitative estimate of drug-likeness (QED) is 0.180. The van der Waals surface area contributed by atoms with Gasteiger partial charge < -0.3 is 18.0 Å². The Labute approximate surface area is 333 Å². The topological polar surface area (TPSA) is 48.7 Å². The molecule has 6 aromatic carbocycles. The molecule has 0 radical (unpaired) electrons. The number of hydrogen-bond donors (Lipinski definition) is 0. The molecule has 0 saturated heterocycles. The molecule has 4 nitrogen and oxygen atoms in total. The molecule has 0 N–H and O–H groups in total. The summed E-state index contributed by atoms with van der Waals surface area (Å²) in [4.78, 5) is 0. The van der Waals surface area contributed by atoms with Gasteiger partial charge in [-0.15, -0.1) is 0 Å². The fourth-order valence-corrected chi connectivity index (χ4v) is 9.75. The highest BCUT2D eigenvalue weighted by molar-refractivity contribution is 6.08. The number of furan rings is 3. The van der Waals surface area contributed by atoms with Crippen LogP contribution in [0.1, 0.15) is 48.3 Å². The van der Waals surface area contributed by atoms with Crippen molar-refractivity contribution in [3.05, 3.63) is 173 Å². The summed E-state index contributed by atoms with van der Waals surface area (Å²) in [6.07, 6.45) is 21.9. The number of ether oxygens (including phenoxy) is 1. The molecule has 4 aliphatic rings. The Kier molecular flexibility index (Phi) is 6.77. The molecule has 276 valence electrons. The van der Waals surface area contributed by atoms with Crippen molar-refractivity contribution in [3.8, 4) is 28.0 Å². The van der Waals surface area contributed by atoms with Gasteiger partial charge in [0.2, 0.25) is 0 Å². The zero-order valence-electron chi connectivity index (χ0n) is 31.6. The van der Waals surface area contributed by atoms with Crippen LogP contribution < -0.4 is 15.4 Å². The normalized spacial score (nSPS) is 18.2. The summed E-state index contributed by atoms with van der Waals surface area (Å²) in [5.41, 5.74) is 16.4. The average molecular weight is 749 g/mol. The van der Waals surface area contributed by atoms with Crippen LogP contribution in [0.15, 0.2) is 159 Å². The summed E-state index contributed by atoms with van der Waals surface area (Å²) < 4.78 is 25.8. The van der Waals surface area contributed by atoms with Crippen molar-refractivity contribution in [2.24, 2.45) is 0 Å². The Morgan fingerprint density at radius 2 is 0.948 bits per heavy atom. The molecule has 1 aliphatic heterocycles. The van der Waals surface area contributed by atoms with Gasteiger partial charge >= 0.3 is 0 Å². The standard InChI is InChI=1S/C54H36O4/c1-3-7-31(8-4-1)33-13-19-47-41(23-33)43-25-35(15-21-49(43)55-47)37-11-17-39-45-29-46-40-18-12-38(28-52(40)58-54(46)30-53(45)57-51(39)27-37)36-16-22-50-44(26-36)42-24-34(14-20-48(42)56-50)32-9-5-2-6-10-32/h1-3,5,7,9,11-30,45,53H,4,6,8,10H2. The minimum atomic E-state index is -0.123. The van der Waals surface area contributed by atoms with Crippen molar-refractivity contribution in [3.63, 3.8) is 0 Å². The van der Waals surface area contributed by atoms with Gasteiger partial charge in [-0.2, -0.15) is 0 Å². The Morgan fingerprint density at radius 1 is 0.431 bits per heavy atom. The van der Waals surface area contributed by atoms with Gasteiger partial charge in [0, 0.05) is 49.7 Å². The fourth-order valence-electron chi connectivity index (χ4n) is 9.75. The Balaban J connectivity index is 0.823. The summed E-state index contributed by atoms with van der Waals surface area (Å²) in [6, 6.07) is 39.4. The third-order valence-electron chi connectivity index (χ3n) is 12.8. The minimum absolute atomic E-state index is 0.113. The van der Waals surface area contributed by atoms with Gasteiger partial charge in [-0.25, -0.2) is 0 Å². The van der Waals surface area contributed by atoms with Crippen LogP contribution >= 0.6 is 0 Å². The summed E-state index contributed by atoms with van der Waals surface area (Å²) in [5, 5.41) is 6.81. The van der Waals surface area contributed by atoms with Crippen molar-refractivity contribution >= 4 is 78.1 Å². The second-order valence-electron chi connectivity index (χ2n) is 16.2. The molecule has 13 rings (SSSR count). The molecule has 3 aromatic heterocycles. The van der Waals surface area contributed by atoms with Crippen LogP contribution in [0.3, 0.4) is 0 Å². The van der Waals surface area contributed by atoms with Crippen LogP contribution in [0.25, 0.3) is 100 Å². The van der Waals surface area contributed by atoms with Crippen LogP contribution in [0.4, 0.5) is 0 Å². The highest BCUT2D eigenvalue weighted by Gasteiger charge is 2.34. The lowest BCUT2D eigenvalue weighted by atomic mass is 9.90.